The van der Waals surface area contributed by atoms with E-state index in [9.17, 15) is 0 Å². The van der Waals surface area contributed by atoms with Crippen LogP contribution in [0.5, 0.6) is 5.75 Å². The van der Waals surface area contributed by atoms with Gasteiger partial charge in [-0.3, -0.25) is 0 Å². The highest BCUT2D eigenvalue weighted by atomic mass is 16.5. The third-order valence-corrected chi connectivity index (χ3v) is 4.15. The summed E-state index contributed by atoms with van der Waals surface area (Å²) in [4.78, 5) is 0. The van der Waals surface area contributed by atoms with Gasteiger partial charge in [0.15, 0.2) is 0 Å². The molecule has 2 rings (SSSR count). The highest BCUT2D eigenvalue weighted by Gasteiger charge is 2.34. The van der Waals surface area contributed by atoms with Gasteiger partial charge in [0, 0.05) is 24.6 Å². The maximum Gasteiger partial charge on any atom is 0.124 e. The van der Waals surface area contributed by atoms with Crippen molar-refractivity contribution < 1.29 is 9.47 Å². The lowest BCUT2D eigenvalue weighted by Gasteiger charge is -2.28. The second-order valence-corrected chi connectivity index (χ2v) is 5.15. The molecule has 0 saturated heterocycles. The zero-order valence-electron chi connectivity index (χ0n) is 11.4. The Morgan fingerprint density at radius 1 is 1.22 bits per heavy atom. The number of hydrogen-bond acceptors (Lipinski definition) is 3. The Kier molecular flexibility index (Phi) is 4.25. The Morgan fingerprint density at radius 2 is 1.94 bits per heavy atom. The number of benzene rings is 1. The van der Waals surface area contributed by atoms with Crippen molar-refractivity contribution in [2.45, 2.75) is 37.7 Å². The van der Waals surface area contributed by atoms with Crippen molar-refractivity contribution in [2.75, 3.05) is 20.8 Å². The summed E-state index contributed by atoms with van der Waals surface area (Å²) in [5, 5.41) is 0. The van der Waals surface area contributed by atoms with E-state index < -0.39 is 0 Å². The Balaban J connectivity index is 2.34. The van der Waals surface area contributed by atoms with Gasteiger partial charge in [-0.1, -0.05) is 25.0 Å². The van der Waals surface area contributed by atoms with E-state index >= 15 is 0 Å². The first-order valence-electron chi connectivity index (χ1n) is 6.62. The fourth-order valence-electron chi connectivity index (χ4n) is 3.01. The summed E-state index contributed by atoms with van der Waals surface area (Å²) in [7, 11) is 3.41. The van der Waals surface area contributed by atoms with Crippen molar-refractivity contribution in [1.82, 2.24) is 0 Å². The minimum atomic E-state index is 0.166. The average molecular weight is 249 g/mol. The summed E-state index contributed by atoms with van der Waals surface area (Å²) >= 11 is 0. The van der Waals surface area contributed by atoms with Crippen LogP contribution in [0.1, 0.15) is 36.8 Å². The lowest BCUT2D eigenvalue weighted by molar-refractivity contribution is 0.181. The molecule has 0 amide bonds. The molecule has 18 heavy (non-hydrogen) atoms. The van der Waals surface area contributed by atoms with Crippen LogP contribution in [0.25, 0.3) is 0 Å². The molecule has 1 aromatic rings. The molecule has 1 aliphatic rings. The molecule has 0 atom stereocenters. The van der Waals surface area contributed by atoms with Gasteiger partial charge in [-0.25, -0.2) is 0 Å². The van der Waals surface area contributed by atoms with Crippen LogP contribution in [0.4, 0.5) is 0 Å². The molecule has 2 N–H and O–H groups in total. The molecule has 0 aliphatic heterocycles. The maximum absolute atomic E-state index is 6.02. The second-order valence-electron chi connectivity index (χ2n) is 5.15. The summed E-state index contributed by atoms with van der Waals surface area (Å²) < 4.78 is 10.6. The molecule has 1 fully saturated rings. The molecule has 3 nitrogen and oxygen atoms in total. The van der Waals surface area contributed by atoms with Gasteiger partial charge in [-0.05, 0) is 24.5 Å². The van der Waals surface area contributed by atoms with E-state index in [2.05, 4.69) is 18.2 Å². The van der Waals surface area contributed by atoms with Crippen LogP contribution in [0, 0.1) is 0 Å². The number of nitrogens with two attached hydrogens (primary N) is 1. The predicted octanol–water partition coefficient (Wildman–Crippen LogP) is 2.61. The summed E-state index contributed by atoms with van der Waals surface area (Å²) in [6.45, 7) is 1.30. The molecule has 1 aliphatic carbocycles. The van der Waals surface area contributed by atoms with E-state index in [0.717, 1.165) is 17.9 Å². The molecule has 0 spiro atoms. The number of rotatable bonds is 5. The van der Waals surface area contributed by atoms with Gasteiger partial charge < -0.3 is 15.2 Å². The fourth-order valence-corrected chi connectivity index (χ4v) is 3.01. The lowest BCUT2D eigenvalue weighted by Crippen LogP contribution is -2.32. The van der Waals surface area contributed by atoms with Crippen LogP contribution in [0.15, 0.2) is 18.2 Å². The molecular formula is C15H23NO2. The molecule has 100 valence electrons. The maximum atomic E-state index is 6.02. The predicted molar refractivity (Wildman–Crippen MR) is 72.9 cm³/mol. The molecule has 0 radical (unpaired) electrons. The molecule has 1 saturated carbocycles. The van der Waals surface area contributed by atoms with Gasteiger partial charge >= 0.3 is 0 Å². The number of hydrogen-bond donors (Lipinski definition) is 1. The van der Waals surface area contributed by atoms with Gasteiger partial charge in [0.2, 0.25) is 0 Å². The Labute approximate surface area is 109 Å². The molecule has 1 aromatic carbocycles. The smallest absolute Gasteiger partial charge is 0.124 e. The van der Waals surface area contributed by atoms with Crippen LogP contribution >= 0.6 is 0 Å². The molecular weight excluding hydrogens is 226 g/mol. The standard InChI is InChI=1S/C15H23NO2/c1-17-10-12-5-6-13(9-14(12)18-2)15(11-16)7-3-4-8-15/h5-6,9H,3-4,7-8,10-11,16H2,1-2H3. The van der Waals surface area contributed by atoms with Crippen LogP contribution < -0.4 is 10.5 Å². The van der Waals surface area contributed by atoms with Gasteiger partial charge in [0.25, 0.3) is 0 Å². The number of ether oxygens (including phenoxy) is 2. The van der Waals surface area contributed by atoms with Crippen molar-refractivity contribution in [2.24, 2.45) is 5.73 Å². The van der Waals surface area contributed by atoms with Crippen molar-refractivity contribution in [3.05, 3.63) is 29.3 Å². The first-order chi connectivity index (χ1) is 8.75. The van der Waals surface area contributed by atoms with E-state index in [4.69, 9.17) is 15.2 Å². The van der Waals surface area contributed by atoms with Crippen LogP contribution in [-0.4, -0.2) is 20.8 Å². The molecule has 0 bridgehead atoms. The van der Waals surface area contributed by atoms with Crippen LogP contribution in [0.2, 0.25) is 0 Å². The van der Waals surface area contributed by atoms with Gasteiger partial charge in [-0.2, -0.15) is 0 Å². The Hall–Kier alpha value is -1.06. The van der Waals surface area contributed by atoms with Crippen molar-refractivity contribution in [3.63, 3.8) is 0 Å². The Morgan fingerprint density at radius 3 is 2.50 bits per heavy atom. The zero-order valence-corrected chi connectivity index (χ0v) is 11.4. The number of methoxy groups -OCH3 is 2. The van der Waals surface area contributed by atoms with Crippen LogP contribution in [0.3, 0.4) is 0 Å². The van der Waals surface area contributed by atoms with E-state index in [-0.39, 0.29) is 5.41 Å². The minimum Gasteiger partial charge on any atom is -0.496 e. The monoisotopic (exact) mass is 249 g/mol. The molecule has 0 unspecified atom stereocenters. The van der Waals surface area contributed by atoms with E-state index in [1.807, 2.05) is 0 Å². The topological polar surface area (TPSA) is 44.5 Å². The normalized spacial score (nSPS) is 17.9. The highest BCUT2D eigenvalue weighted by molar-refractivity contribution is 5.41. The van der Waals surface area contributed by atoms with E-state index in [0.29, 0.717) is 6.61 Å². The van der Waals surface area contributed by atoms with E-state index in [1.54, 1.807) is 14.2 Å². The lowest BCUT2D eigenvalue weighted by atomic mass is 9.78. The second kappa shape index (κ2) is 5.72. The van der Waals surface area contributed by atoms with Crippen molar-refractivity contribution >= 4 is 0 Å². The molecule has 3 heteroatoms. The van der Waals surface area contributed by atoms with Gasteiger partial charge in [0.05, 0.1) is 13.7 Å². The zero-order chi connectivity index (χ0) is 13.0. The van der Waals surface area contributed by atoms with Gasteiger partial charge in [-0.15, -0.1) is 0 Å². The third-order valence-electron chi connectivity index (χ3n) is 4.15. The SMILES string of the molecule is COCc1ccc(C2(CN)CCCC2)cc1OC. The average Bonchev–Trinajstić information content (AvgIpc) is 2.89. The van der Waals surface area contributed by atoms with Crippen molar-refractivity contribution in [1.29, 1.82) is 0 Å². The summed E-state index contributed by atoms with van der Waals surface area (Å²) in [6, 6.07) is 6.44. The van der Waals surface area contributed by atoms with Crippen molar-refractivity contribution in [3.8, 4) is 5.75 Å². The first kappa shape index (κ1) is 13.4. The van der Waals surface area contributed by atoms with Crippen LogP contribution in [-0.2, 0) is 16.8 Å². The largest absolute Gasteiger partial charge is 0.496 e. The van der Waals surface area contributed by atoms with Gasteiger partial charge in [0.1, 0.15) is 5.75 Å². The fraction of sp³-hybridized carbons (Fsp3) is 0.600. The summed E-state index contributed by atoms with van der Waals surface area (Å²) in [5.74, 6) is 0.911. The third kappa shape index (κ3) is 2.38. The Bertz CT molecular complexity index is 397. The van der Waals surface area contributed by atoms with E-state index in [1.165, 1.54) is 31.2 Å². The first-order valence-corrected chi connectivity index (χ1v) is 6.62. The quantitative estimate of drug-likeness (QED) is 0.872. The summed E-state index contributed by atoms with van der Waals surface area (Å²) in [6.07, 6.45) is 4.94. The minimum absolute atomic E-state index is 0.166. The molecule has 0 aromatic heterocycles. The molecule has 0 heterocycles. The summed E-state index contributed by atoms with van der Waals surface area (Å²) in [5.41, 5.74) is 8.60. The highest BCUT2D eigenvalue weighted by Crippen LogP contribution is 2.41.